The zero-order chi connectivity index (χ0) is 29.2. The number of rotatable bonds is 10. The lowest BCUT2D eigenvalue weighted by atomic mass is 10.3. The molecular formula is C25H28ClF4N7O2Si. The summed E-state index contributed by atoms with van der Waals surface area (Å²) in [4.78, 5) is 20.1. The Morgan fingerprint density at radius 2 is 1.73 bits per heavy atom. The Kier molecular flexibility index (Phi) is 8.51. The highest BCUT2D eigenvalue weighted by atomic mass is 35.5. The van der Waals surface area contributed by atoms with Crippen LogP contribution in [-0.4, -0.2) is 59.3 Å². The van der Waals surface area contributed by atoms with Crippen molar-refractivity contribution in [2.45, 2.75) is 32.0 Å². The lowest BCUT2D eigenvalue weighted by Gasteiger charge is -2.25. The summed E-state index contributed by atoms with van der Waals surface area (Å²) in [5.74, 6) is -0.590. The summed E-state index contributed by atoms with van der Waals surface area (Å²) < 4.78 is 64.1. The number of hydrogen-bond acceptors (Lipinski definition) is 8. The molecule has 0 aliphatic heterocycles. The average Bonchev–Trinajstić information content (AvgIpc) is 3.19. The summed E-state index contributed by atoms with van der Waals surface area (Å²) in [6.45, 7) is 7.33. The highest BCUT2D eigenvalue weighted by Gasteiger charge is 2.31. The smallest absolute Gasteiger partial charge is 0.406 e. The Bertz CT molecular complexity index is 1480. The molecule has 0 atom stereocenters. The second-order valence-corrected chi connectivity index (χ2v) is 16.2. The predicted octanol–water partition coefficient (Wildman–Crippen LogP) is 6.67. The summed E-state index contributed by atoms with van der Waals surface area (Å²) in [6.07, 6.45) is -2.27. The van der Waals surface area contributed by atoms with Gasteiger partial charge in [0.05, 0.1) is 18.1 Å². The molecule has 0 saturated carbocycles. The number of imidazole rings is 1. The number of halogens is 5. The van der Waals surface area contributed by atoms with Gasteiger partial charge in [0.15, 0.2) is 17.3 Å². The number of aromatic nitrogens is 5. The number of benzene rings is 1. The van der Waals surface area contributed by atoms with E-state index in [4.69, 9.17) is 21.3 Å². The van der Waals surface area contributed by atoms with Crippen molar-refractivity contribution in [1.29, 1.82) is 0 Å². The molecule has 0 amide bonds. The van der Waals surface area contributed by atoms with E-state index in [1.165, 1.54) is 29.2 Å². The molecule has 0 saturated heterocycles. The summed E-state index contributed by atoms with van der Waals surface area (Å²) in [5, 5.41) is -0.103. The Balaban J connectivity index is 1.68. The first-order valence-electron chi connectivity index (χ1n) is 12.2. The van der Waals surface area contributed by atoms with E-state index in [1.807, 2.05) is 0 Å². The van der Waals surface area contributed by atoms with Crippen molar-refractivity contribution in [1.82, 2.24) is 24.5 Å². The van der Waals surface area contributed by atoms with Crippen LogP contribution >= 0.6 is 11.6 Å². The van der Waals surface area contributed by atoms with Gasteiger partial charge in [-0.15, -0.1) is 13.2 Å². The number of ether oxygens (including phenoxy) is 2. The fourth-order valence-corrected chi connectivity index (χ4v) is 4.67. The number of hydrogen-bond donors (Lipinski definition) is 0. The molecule has 1 aromatic carbocycles. The van der Waals surface area contributed by atoms with Gasteiger partial charge in [-0.3, -0.25) is 9.47 Å². The number of nitrogens with zero attached hydrogens (tertiary/aromatic N) is 7. The van der Waals surface area contributed by atoms with Crippen LogP contribution < -0.4 is 14.5 Å². The van der Waals surface area contributed by atoms with Crippen LogP contribution in [0.5, 0.6) is 5.75 Å². The molecule has 3 aromatic heterocycles. The number of alkyl halides is 3. The molecule has 4 aromatic rings. The summed E-state index contributed by atoms with van der Waals surface area (Å²) in [7, 11) is 2.02. The monoisotopic (exact) mass is 597 g/mol. The molecule has 0 aliphatic carbocycles. The van der Waals surface area contributed by atoms with Crippen LogP contribution in [0.3, 0.4) is 0 Å². The van der Waals surface area contributed by atoms with Crippen molar-refractivity contribution in [3.8, 4) is 5.75 Å². The fraction of sp³-hybridized carbons (Fsp3) is 0.360. The van der Waals surface area contributed by atoms with Gasteiger partial charge in [-0.1, -0.05) is 19.6 Å². The lowest BCUT2D eigenvalue weighted by Crippen LogP contribution is -2.27. The van der Waals surface area contributed by atoms with E-state index in [2.05, 4.69) is 39.3 Å². The van der Waals surface area contributed by atoms with Crippen LogP contribution in [0.1, 0.15) is 0 Å². The molecular weight excluding hydrogens is 570 g/mol. The molecule has 3 heterocycles. The maximum Gasteiger partial charge on any atom is 0.573 e. The van der Waals surface area contributed by atoms with Crippen LogP contribution in [0.25, 0.3) is 11.2 Å². The van der Waals surface area contributed by atoms with Gasteiger partial charge in [0.1, 0.15) is 18.0 Å². The van der Waals surface area contributed by atoms with Crippen LogP contribution in [0, 0.1) is 5.82 Å². The van der Waals surface area contributed by atoms with E-state index in [0.29, 0.717) is 35.1 Å². The summed E-state index contributed by atoms with van der Waals surface area (Å²) >= 11 is 5.85. The first kappa shape index (κ1) is 29.5. The van der Waals surface area contributed by atoms with Crippen molar-refractivity contribution in [3.63, 3.8) is 0 Å². The zero-order valence-corrected chi connectivity index (χ0v) is 24.3. The Morgan fingerprint density at radius 3 is 2.38 bits per heavy atom. The van der Waals surface area contributed by atoms with E-state index >= 15 is 0 Å². The minimum Gasteiger partial charge on any atom is -0.406 e. The molecule has 0 N–H and O–H groups in total. The van der Waals surface area contributed by atoms with Crippen LogP contribution in [0.2, 0.25) is 31.0 Å². The highest BCUT2D eigenvalue weighted by molar-refractivity contribution is 6.76. The molecule has 4 rings (SSSR count). The maximum absolute atomic E-state index is 14.4. The van der Waals surface area contributed by atoms with Crippen LogP contribution in [-0.2, 0) is 11.8 Å². The number of fused-ring (bicyclic) bond motifs is 1. The third-order valence-electron chi connectivity index (χ3n) is 5.91. The topological polar surface area (TPSA) is 81.4 Å². The SMILES string of the molecule is CN(c1cnc2c(c1)nc(N(COCC[Si](C)(C)C)c1ccc(OC(F)(F)F)cc1)n2C)c1nc(Cl)ncc1F. The van der Waals surface area contributed by atoms with Gasteiger partial charge in [-0.25, -0.2) is 19.3 Å². The number of aryl methyl sites for hydroxylation is 1. The van der Waals surface area contributed by atoms with Crippen molar-refractivity contribution < 1.29 is 27.0 Å². The van der Waals surface area contributed by atoms with E-state index in [9.17, 15) is 17.6 Å². The van der Waals surface area contributed by atoms with Crippen molar-refractivity contribution >= 4 is 54.0 Å². The number of pyridine rings is 1. The maximum atomic E-state index is 14.4. The molecule has 0 fully saturated rings. The van der Waals surface area contributed by atoms with E-state index in [1.54, 1.807) is 35.8 Å². The van der Waals surface area contributed by atoms with Gasteiger partial charge < -0.3 is 14.4 Å². The van der Waals surface area contributed by atoms with E-state index in [0.717, 1.165) is 12.2 Å². The zero-order valence-electron chi connectivity index (χ0n) is 22.5. The van der Waals surface area contributed by atoms with Crippen molar-refractivity contribution in [3.05, 3.63) is 53.8 Å². The first-order chi connectivity index (χ1) is 18.7. The van der Waals surface area contributed by atoms with Gasteiger partial charge in [0, 0.05) is 34.5 Å². The van der Waals surface area contributed by atoms with Crippen molar-refractivity contribution in [2.75, 3.05) is 30.2 Å². The molecule has 0 aliphatic rings. The molecule has 214 valence electrons. The Morgan fingerprint density at radius 1 is 1.02 bits per heavy atom. The lowest BCUT2D eigenvalue weighted by molar-refractivity contribution is -0.274. The highest BCUT2D eigenvalue weighted by Crippen LogP contribution is 2.32. The average molecular weight is 598 g/mol. The quantitative estimate of drug-likeness (QED) is 0.0659. The molecule has 0 radical (unpaired) electrons. The number of anilines is 4. The Hall–Kier alpha value is -3.49. The second kappa shape index (κ2) is 11.5. The minimum atomic E-state index is -4.80. The van der Waals surface area contributed by atoms with Gasteiger partial charge in [-0.05, 0) is 48.0 Å². The standard InChI is InChI=1S/C25H28ClF4N7O2Si/c1-35(21-19(27)14-32-23(26)34-21)17-12-20-22(31-13-17)36(2)24(33-20)37(15-38-10-11-40(3,4)5)16-6-8-18(9-7-16)39-25(28,29)30/h6-9,12-14H,10-11,15H2,1-5H3. The third kappa shape index (κ3) is 7.17. The molecule has 0 bridgehead atoms. The fourth-order valence-electron chi connectivity index (χ4n) is 3.78. The third-order valence-corrected chi connectivity index (χ3v) is 7.80. The van der Waals surface area contributed by atoms with Gasteiger partial charge in [0.25, 0.3) is 0 Å². The van der Waals surface area contributed by atoms with Crippen molar-refractivity contribution in [2.24, 2.45) is 7.05 Å². The largest absolute Gasteiger partial charge is 0.573 e. The van der Waals surface area contributed by atoms with Crippen LogP contribution in [0.4, 0.5) is 40.7 Å². The molecule has 9 nitrogen and oxygen atoms in total. The molecule has 15 heteroatoms. The normalized spacial score (nSPS) is 12.2. The van der Waals surface area contributed by atoms with E-state index < -0.39 is 20.3 Å². The van der Waals surface area contributed by atoms with E-state index in [-0.39, 0.29) is 23.6 Å². The molecule has 40 heavy (non-hydrogen) atoms. The van der Waals surface area contributed by atoms with Gasteiger partial charge >= 0.3 is 6.36 Å². The first-order valence-corrected chi connectivity index (χ1v) is 16.3. The summed E-state index contributed by atoms with van der Waals surface area (Å²) in [5.41, 5.74) is 2.05. The van der Waals surface area contributed by atoms with Gasteiger partial charge in [-0.2, -0.15) is 4.98 Å². The predicted molar refractivity (Wildman–Crippen MR) is 148 cm³/mol. The molecule has 0 unspecified atom stereocenters. The second-order valence-electron chi connectivity index (χ2n) is 10.2. The minimum absolute atomic E-state index is 0.0316. The summed E-state index contributed by atoms with van der Waals surface area (Å²) in [6, 6.07) is 8.10. The van der Waals surface area contributed by atoms with Crippen LogP contribution in [0.15, 0.2) is 42.7 Å². The van der Waals surface area contributed by atoms with Gasteiger partial charge in [0.2, 0.25) is 11.2 Å². The molecule has 0 spiro atoms. The Labute approximate surface area is 234 Å².